The summed E-state index contributed by atoms with van der Waals surface area (Å²) in [5.74, 6) is -1.46. The average molecular weight is 435 g/mol. The highest BCUT2D eigenvalue weighted by atomic mass is 19.4. The fourth-order valence-electron chi connectivity index (χ4n) is 2.76. The molecule has 0 aliphatic rings. The number of hydrogen-bond donors (Lipinski definition) is 2. The number of halogens is 4. The molecule has 31 heavy (non-hydrogen) atoms. The zero-order chi connectivity index (χ0) is 22.8. The van der Waals surface area contributed by atoms with Crippen LogP contribution in [0.5, 0.6) is 0 Å². The molecule has 3 aromatic rings. The van der Waals surface area contributed by atoms with E-state index in [4.69, 9.17) is 5.11 Å². The van der Waals surface area contributed by atoms with Crippen LogP contribution in [0.1, 0.15) is 22.8 Å². The number of nitrogens with one attached hydrogen (secondary N) is 1. The molecule has 0 saturated heterocycles. The molecular formula is C21H17F4N3O3. The number of rotatable bonds is 5. The molecule has 1 aromatic heterocycles. The number of benzene rings is 2. The Morgan fingerprint density at radius 2 is 1.84 bits per heavy atom. The molecule has 3 rings (SSSR count). The van der Waals surface area contributed by atoms with Crippen LogP contribution in [0.15, 0.2) is 59.4 Å². The van der Waals surface area contributed by atoms with Gasteiger partial charge >= 0.3 is 6.18 Å². The highest BCUT2D eigenvalue weighted by Gasteiger charge is 2.30. The maximum Gasteiger partial charge on any atom is 0.416 e. The summed E-state index contributed by atoms with van der Waals surface area (Å²) in [6.45, 7) is 1.14. The van der Waals surface area contributed by atoms with Crippen molar-refractivity contribution in [2.45, 2.75) is 19.1 Å². The van der Waals surface area contributed by atoms with E-state index in [0.717, 1.165) is 47.1 Å². The SMILES string of the molecule is C[C@@H](CO)NC(=O)c1cc(-c2ccc(C(F)(F)F)cc2)nn(-c2cccc(F)c2)c1=O. The minimum Gasteiger partial charge on any atom is -0.394 e. The standard InChI is InChI=1S/C21H17F4N3O3/c1-12(11-29)26-19(30)17-10-18(13-5-7-14(8-6-13)21(23,24)25)27-28(20(17)31)16-4-2-3-15(22)9-16/h2-10,12,29H,11H2,1H3,(H,26,30)/t12-/m0/s1. The monoisotopic (exact) mass is 435 g/mol. The predicted molar refractivity (Wildman–Crippen MR) is 104 cm³/mol. The number of nitrogens with zero attached hydrogens (tertiary/aromatic N) is 2. The minimum atomic E-state index is -4.53. The van der Waals surface area contributed by atoms with Crippen molar-refractivity contribution < 1.29 is 27.5 Å². The Balaban J connectivity index is 2.17. The van der Waals surface area contributed by atoms with E-state index in [-0.39, 0.29) is 29.1 Å². The topological polar surface area (TPSA) is 84.2 Å². The summed E-state index contributed by atoms with van der Waals surface area (Å²) in [6.07, 6.45) is -4.53. The van der Waals surface area contributed by atoms with Crippen LogP contribution >= 0.6 is 0 Å². The summed E-state index contributed by atoms with van der Waals surface area (Å²) >= 11 is 0. The van der Waals surface area contributed by atoms with Crippen molar-refractivity contribution in [1.29, 1.82) is 0 Å². The first-order valence-electron chi connectivity index (χ1n) is 9.10. The summed E-state index contributed by atoms with van der Waals surface area (Å²) in [7, 11) is 0. The van der Waals surface area contributed by atoms with Gasteiger partial charge in [-0.25, -0.2) is 4.39 Å². The number of hydrogen-bond acceptors (Lipinski definition) is 4. The predicted octanol–water partition coefficient (Wildman–Crippen LogP) is 3.17. The average Bonchev–Trinajstić information content (AvgIpc) is 2.73. The van der Waals surface area contributed by atoms with E-state index in [2.05, 4.69) is 10.4 Å². The summed E-state index contributed by atoms with van der Waals surface area (Å²) in [4.78, 5) is 25.4. The lowest BCUT2D eigenvalue weighted by atomic mass is 10.1. The normalized spacial score (nSPS) is 12.5. The molecule has 0 spiro atoms. The van der Waals surface area contributed by atoms with Gasteiger partial charge in [0.1, 0.15) is 11.4 Å². The first kappa shape index (κ1) is 22.2. The Labute approximate surface area is 173 Å². The smallest absolute Gasteiger partial charge is 0.394 e. The summed E-state index contributed by atoms with van der Waals surface area (Å²) in [6, 6.07) is 9.42. The third-order valence-electron chi connectivity index (χ3n) is 4.37. The lowest BCUT2D eigenvalue weighted by Crippen LogP contribution is -2.39. The molecule has 0 aliphatic heterocycles. The Bertz CT molecular complexity index is 1160. The molecule has 0 aliphatic carbocycles. The van der Waals surface area contributed by atoms with E-state index >= 15 is 0 Å². The molecule has 2 aromatic carbocycles. The number of amides is 1. The largest absolute Gasteiger partial charge is 0.416 e. The first-order valence-corrected chi connectivity index (χ1v) is 9.10. The van der Waals surface area contributed by atoms with E-state index in [1.54, 1.807) is 0 Å². The van der Waals surface area contributed by atoms with Gasteiger partial charge in [-0.15, -0.1) is 0 Å². The quantitative estimate of drug-likeness (QED) is 0.603. The highest BCUT2D eigenvalue weighted by molar-refractivity contribution is 5.95. The number of aliphatic hydroxyl groups is 1. The van der Waals surface area contributed by atoms with Crippen LogP contribution < -0.4 is 10.9 Å². The van der Waals surface area contributed by atoms with Crippen molar-refractivity contribution in [3.8, 4) is 16.9 Å². The van der Waals surface area contributed by atoms with Crippen LogP contribution in [0.2, 0.25) is 0 Å². The number of carbonyl (C=O) groups is 1. The molecule has 1 atom stereocenters. The first-order chi connectivity index (χ1) is 14.6. The molecule has 10 heteroatoms. The Morgan fingerprint density at radius 3 is 2.42 bits per heavy atom. The number of aromatic nitrogens is 2. The van der Waals surface area contributed by atoms with Crippen molar-refractivity contribution in [2.75, 3.05) is 6.61 Å². The number of aliphatic hydroxyl groups excluding tert-OH is 1. The van der Waals surface area contributed by atoms with Gasteiger partial charge < -0.3 is 10.4 Å². The van der Waals surface area contributed by atoms with Crippen LogP contribution in [-0.2, 0) is 6.18 Å². The van der Waals surface area contributed by atoms with Crippen molar-refractivity contribution >= 4 is 5.91 Å². The second kappa shape index (κ2) is 8.68. The summed E-state index contributed by atoms with van der Waals surface area (Å²) in [5, 5.41) is 15.7. The number of alkyl halides is 3. The van der Waals surface area contributed by atoms with Gasteiger partial charge in [0.05, 0.1) is 23.6 Å². The molecule has 0 bridgehead atoms. The zero-order valence-electron chi connectivity index (χ0n) is 16.2. The van der Waals surface area contributed by atoms with Crippen LogP contribution in [-0.4, -0.2) is 33.4 Å². The van der Waals surface area contributed by atoms with E-state index in [1.807, 2.05) is 0 Å². The third-order valence-corrected chi connectivity index (χ3v) is 4.37. The number of carbonyl (C=O) groups excluding carboxylic acids is 1. The maximum absolute atomic E-state index is 13.7. The molecule has 0 radical (unpaired) electrons. The van der Waals surface area contributed by atoms with Crippen molar-refractivity contribution in [1.82, 2.24) is 15.1 Å². The second-order valence-corrected chi connectivity index (χ2v) is 6.77. The van der Waals surface area contributed by atoms with Crippen LogP contribution in [0.4, 0.5) is 17.6 Å². The van der Waals surface area contributed by atoms with Gasteiger partial charge in [-0.2, -0.15) is 23.0 Å². The van der Waals surface area contributed by atoms with Crippen LogP contribution in [0, 0.1) is 5.82 Å². The van der Waals surface area contributed by atoms with Gasteiger partial charge in [0.15, 0.2) is 0 Å². The van der Waals surface area contributed by atoms with Crippen molar-refractivity contribution in [3.05, 3.63) is 81.9 Å². The molecule has 2 N–H and O–H groups in total. The Morgan fingerprint density at radius 1 is 1.16 bits per heavy atom. The van der Waals surface area contributed by atoms with Gasteiger partial charge in [-0.3, -0.25) is 9.59 Å². The molecule has 1 amide bonds. The molecule has 6 nitrogen and oxygen atoms in total. The van der Waals surface area contributed by atoms with E-state index < -0.39 is 35.1 Å². The second-order valence-electron chi connectivity index (χ2n) is 6.77. The van der Waals surface area contributed by atoms with Crippen molar-refractivity contribution in [3.63, 3.8) is 0 Å². The third kappa shape index (κ3) is 4.97. The van der Waals surface area contributed by atoms with Crippen molar-refractivity contribution in [2.24, 2.45) is 0 Å². The van der Waals surface area contributed by atoms with E-state index in [0.29, 0.717) is 0 Å². The fourth-order valence-corrected chi connectivity index (χ4v) is 2.76. The molecule has 0 saturated carbocycles. The van der Waals surface area contributed by atoms with E-state index in [1.165, 1.54) is 19.1 Å². The van der Waals surface area contributed by atoms with Gasteiger partial charge in [0.25, 0.3) is 11.5 Å². The fraction of sp³-hybridized carbons (Fsp3) is 0.190. The van der Waals surface area contributed by atoms with Gasteiger partial charge in [0, 0.05) is 11.6 Å². The lowest BCUT2D eigenvalue weighted by Gasteiger charge is -2.14. The molecule has 0 unspecified atom stereocenters. The maximum atomic E-state index is 13.7. The van der Waals surface area contributed by atoms with Gasteiger partial charge in [-0.1, -0.05) is 18.2 Å². The van der Waals surface area contributed by atoms with Gasteiger partial charge in [0.2, 0.25) is 0 Å². The van der Waals surface area contributed by atoms with Gasteiger partial charge in [-0.05, 0) is 43.3 Å². The Kier molecular flexibility index (Phi) is 6.21. The highest BCUT2D eigenvalue weighted by Crippen LogP contribution is 2.30. The molecule has 0 fully saturated rings. The summed E-state index contributed by atoms with van der Waals surface area (Å²) < 4.78 is 53.0. The molecular weight excluding hydrogens is 418 g/mol. The van der Waals surface area contributed by atoms with E-state index in [9.17, 15) is 27.2 Å². The lowest BCUT2D eigenvalue weighted by molar-refractivity contribution is -0.137. The van der Waals surface area contributed by atoms with Crippen LogP contribution in [0.25, 0.3) is 16.9 Å². The zero-order valence-corrected chi connectivity index (χ0v) is 16.2. The molecule has 1 heterocycles. The minimum absolute atomic E-state index is 0.0272. The Hall–Kier alpha value is -3.53. The molecule has 162 valence electrons. The summed E-state index contributed by atoms with van der Waals surface area (Å²) in [5.41, 5.74) is -1.83. The van der Waals surface area contributed by atoms with Crippen LogP contribution in [0.3, 0.4) is 0 Å².